The lowest BCUT2D eigenvalue weighted by Gasteiger charge is -2.24. The van der Waals surface area contributed by atoms with Crippen LogP contribution in [-0.4, -0.2) is 19.0 Å². The van der Waals surface area contributed by atoms with Crippen molar-refractivity contribution in [3.05, 3.63) is 33.3 Å². The lowest BCUT2D eigenvalue weighted by atomic mass is 9.91. The van der Waals surface area contributed by atoms with E-state index >= 15 is 0 Å². The zero-order valence-corrected chi connectivity index (χ0v) is 15.2. The van der Waals surface area contributed by atoms with Crippen molar-refractivity contribution in [2.75, 3.05) is 13.1 Å². The molecule has 126 valence electrons. The summed E-state index contributed by atoms with van der Waals surface area (Å²) in [5.41, 5.74) is 2.53. The topological polar surface area (TPSA) is 41.1 Å². The summed E-state index contributed by atoms with van der Waals surface area (Å²) in [4.78, 5) is 12.6. The molecule has 2 atom stereocenters. The molecule has 1 aromatic carbocycles. The van der Waals surface area contributed by atoms with Crippen molar-refractivity contribution in [1.29, 1.82) is 0 Å². The van der Waals surface area contributed by atoms with Gasteiger partial charge in [0.15, 0.2) is 0 Å². The van der Waals surface area contributed by atoms with Gasteiger partial charge in [-0.3, -0.25) is 4.79 Å². The van der Waals surface area contributed by atoms with Crippen molar-refractivity contribution >= 4 is 41.5 Å². The van der Waals surface area contributed by atoms with Crippen LogP contribution in [0, 0.1) is 11.3 Å². The first-order valence-corrected chi connectivity index (χ1v) is 8.84. The molecule has 0 bridgehead atoms. The van der Waals surface area contributed by atoms with Crippen molar-refractivity contribution in [2.24, 2.45) is 11.3 Å². The Morgan fingerprint density at radius 2 is 2.00 bits per heavy atom. The number of hydrogen-bond acceptors (Lipinski definition) is 2. The number of carbonyl (C=O) groups is 1. The highest BCUT2D eigenvalue weighted by molar-refractivity contribution is 6.42. The van der Waals surface area contributed by atoms with Crippen LogP contribution in [0.25, 0.3) is 0 Å². The van der Waals surface area contributed by atoms with Crippen LogP contribution in [-0.2, 0) is 11.2 Å². The van der Waals surface area contributed by atoms with E-state index in [-0.39, 0.29) is 35.7 Å². The summed E-state index contributed by atoms with van der Waals surface area (Å²) < 4.78 is 0. The Hall–Kier alpha value is -0.480. The largest absolute Gasteiger partial charge is 0.349 e. The molecule has 1 heterocycles. The molecule has 2 aliphatic carbocycles. The van der Waals surface area contributed by atoms with Gasteiger partial charge in [0.1, 0.15) is 0 Å². The Morgan fingerprint density at radius 1 is 1.26 bits per heavy atom. The van der Waals surface area contributed by atoms with Crippen LogP contribution < -0.4 is 10.6 Å². The van der Waals surface area contributed by atoms with E-state index in [2.05, 4.69) is 10.6 Å². The van der Waals surface area contributed by atoms with E-state index < -0.39 is 0 Å². The van der Waals surface area contributed by atoms with E-state index in [0.717, 1.165) is 56.3 Å². The maximum atomic E-state index is 12.6. The summed E-state index contributed by atoms with van der Waals surface area (Å²) in [6.07, 6.45) is 5.13. The van der Waals surface area contributed by atoms with Gasteiger partial charge < -0.3 is 10.6 Å². The van der Waals surface area contributed by atoms with Gasteiger partial charge in [0.05, 0.1) is 16.1 Å². The van der Waals surface area contributed by atoms with Gasteiger partial charge in [0.2, 0.25) is 5.91 Å². The van der Waals surface area contributed by atoms with E-state index in [9.17, 15) is 4.79 Å². The summed E-state index contributed by atoms with van der Waals surface area (Å²) in [5.74, 6) is 0.437. The molecule has 2 N–H and O–H groups in total. The van der Waals surface area contributed by atoms with Crippen LogP contribution in [0.2, 0.25) is 10.0 Å². The van der Waals surface area contributed by atoms with Gasteiger partial charge >= 0.3 is 0 Å². The Kier molecular flexibility index (Phi) is 4.85. The normalized spacial score (nSPS) is 27.2. The second-order valence-corrected chi connectivity index (χ2v) is 7.68. The highest BCUT2D eigenvalue weighted by Gasteiger charge is 2.57. The maximum absolute atomic E-state index is 12.6. The number of rotatable bonds is 2. The number of nitrogens with one attached hydrogen (secondary N) is 2. The van der Waals surface area contributed by atoms with Crippen LogP contribution in [0.3, 0.4) is 0 Å². The Labute approximate surface area is 152 Å². The molecule has 1 aliphatic heterocycles. The molecule has 1 saturated heterocycles. The second-order valence-electron chi connectivity index (χ2n) is 6.90. The molecule has 2 unspecified atom stereocenters. The predicted molar refractivity (Wildman–Crippen MR) is 95.6 cm³/mol. The first-order valence-electron chi connectivity index (χ1n) is 8.09. The minimum atomic E-state index is 0. The Bertz CT molecular complexity index is 629. The highest BCUT2D eigenvalue weighted by atomic mass is 35.5. The molecule has 1 amide bonds. The van der Waals surface area contributed by atoms with Gasteiger partial charge in [-0.2, -0.15) is 0 Å². The van der Waals surface area contributed by atoms with Gasteiger partial charge in [-0.25, -0.2) is 0 Å². The summed E-state index contributed by atoms with van der Waals surface area (Å²) in [6, 6.07) is 3.93. The Balaban J connectivity index is 0.00000156. The minimum Gasteiger partial charge on any atom is -0.349 e. The Morgan fingerprint density at radius 3 is 2.74 bits per heavy atom. The summed E-state index contributed by atoms with van der Waals surface area (Å²) >= 11 is 12.4. The first-order chi connectivity index (χ1) is 10.6. The SMILES string of the molecule is Cl.O=C(NC1CCc2c1ccc(Cl)c2Cl)C1CC12CCNCC2. The summed E-state index contributed by atoms with van der Waals surface area (Å²) in [6.45, 7) is 2.09. The molecular formula is C17H21Cl3N2O. The molecule has 0 radical (unpaired) electrons. The third-order valence-corrected chi connectivity index (χ3v) is 6.56. The van der Waals surface area contributed by atoms with Crippen molar-refractivity contribution in [1.82, 2.24) is 10.6 Å². The molecule has 3 nitrogen and oxygen atoms in total. The van der Waals surface area contributed by atoms with Gasteiger partial charge in [0, 0.05) is 5.92 Å². The number of amides is 1. The number of halogens is 3. The van der Waals surface area contributed by atoms with E-state index in [0.29, 0.717) is 10.0 Å². The van der Waals surface area contributed by atoms with Crippen molar-refractivity contribution in [3.8, 4) is 0 Å². The maximum Gasteiger partial charge on any atom is 0.224 e. The molecule has 1 spiro atoms. The fourth-order valence-corrected chi connectivity index (χ4v) is 4.69. The molecular weight excluding hydrogens is 355 g/mol. The summed E-state index contributed by atoms with van der Waals surface area (Å²) in [5, 5.41) is 7.88. The molecule has 1 aromatic rings. The molecule has 23 heavy (non-hydrogen) atoms. The minimum absolute atomic E-state index is 0. The zero-order chi connectivity index (χ0) is 15.3. The molecule has 6 heteroatoms. The van der Waals surface area contributed by atoms with Crippen LogP contribution in [0.1, 0.15) is 42.9 Å². The fraction of sp³-hybridized carbons (Fsp3) is 0.588. The number of piperidine rings is 1. The average molecular weight is 376 g/mol. The molecule has 1 saturated carbocycles. The van der Waals surface area contributed by atoms with Crippen molar-refractivity contribution in [2.45, 2.75) is 38.1 Å². The monoisotopic (exact) mass is 374 g/mol. The van der Waals surface area contributed by atoms with Gasteiger partial charge in [-0.1, -0.05) is 29.3 Å². The third-order valence-electron chi connectivity index (χ3n) is 5.71. The smallest absolute Gasteiger partial charge is 0.224 e. The number of hydrogen-bond donors (Lipinski definition) is 2. The quantitative estimate of drug-likeness (QED) is 0.823. The van der Waals surface area contributed by atoms with Crippen molar-refractivity contribution < 1.29 is 4.79 Å². The number of fused-ring (bicyclic) bond motifs is 1. The van der Waals surface area contributed by atoms with E-state index in [4.69, 9.17) is 23.2 Å². The fourth-order valence-electron chi connectivity index (χ4n) is 4.25. The van der Waals surface area contributed by atoms with Crippen molar-refractivity contribution in [3.63, 3.8) is 0 Å². The number of carbonyl (C=O) groups excluding carboxylic acids is 1. The van der Waals surface area contributed by atoms with Crippen LogP contribution in [0.15, 0.2) is 12.1 Å². The van der Waals surface area contributed by atoms with Crippen LogP contribution in [0.5, 0.6) is 0 Å². The molecule has 4 rings (SSSR count). The third kappa shape index (κ3) is 2.97. The molecule has 3 aliphatic rings. The first kappa shape index (κ1) is 17.3. The van der Waals surface area contributed by atoms with E-state index in [1.54, 1.807) is 0 Å². The zero-order valence-electron chi connectivity index (χ0n) is 12.8. The average Bonchev–Trinajstić information content (AvgIpc) is 3.05. The van der Waals surface area contributed by atoms with Crippen LogP contribution in [0.4, 0.5) is 0 Å². The molecule has 0 aromatic heterocycles. The summed E-state index contributed by atoms with van der Waals surface area (Å²) in [7, 11) is 0. The molecule has 2 fully saturated rings. The standard InChI is InChI=1S/C17H20Cl2N2O.ClH/c18-13-3-1-10-11(15(13)19)2-4-14(10)21-16(22)12-9-17(12)5-7-20-8-6-17;/h1,3,12,14,20H,2,4-9H2,(H,21,22);1H. The highest BCUT2D eigenvalue weighted by Crippen LogP contribution is 2.58. The predicted octanol–water partition coefficient (Wildman–Crippen LogP) is 3.91. The van der Waals surface area contributed by atoms with E-state index in [1.165, 1.54) is 0 Å². The lowest BCUT2D eigenvalue weighted by Crippen LogP contribution is -2.34. The van der Waals surface area contributed by atoms with Gasteiger partial charge in [0.25, 0.3) is 0 Å². The number of benzene rings is 1. The van der Waals surface area contributed by atoms with Crippen LogP contribution >= 0.6 is 35.6 Å². The van der Waals surface area contributed by atoms with Gasteiger partial charge in [-0.15, -0.1) is 12.4 Å². The van der Waals surface area contributed by atoms with E-state index in [1.807, 2.05) is 12.1 Å². The second kappa shape index (κ2) is 6.44. The van der Waals surface area contributed by atoms with Gasteiger partial charge in [-0.05, 0) is 67.8 Å². The lowest BCUT2D eigenvalue weighted by molar-refractivity contribution is -0.124.